The number of ether oxygens (including phenoxy) is 1. The Labute approximate surface area is 71.1 Å². The number of hydrogen-bond donors (Lipinski definition) is 0. The lowest BCUT2D eigenvalue weighted by atomic mass is 10.3. The fourth-order valence-electron chi connectivity index (χ4n) is 1.01. The van der Waals surface area contributed by atoms with Gasteiger partial charge in [0.25, 0.3) is 0 Å². The van der Waals surface area contributed by atoms with Gasteiger partial charge in [0.1, 0.15) is 6.04 Å². The fourth-order valence-corrected chi connectivity index (χ4v) is 2.20. The van der Waals surface area contributed by atoms with Gasteiger partial charge in [0.15, 0.2) is 0 Å². The van der Waals surface area contributed by atoms with Gasteiger partial charge in [-0.3, -0.25) is 9.69 Å². The molecule has 0 radical (unpaired) electrons. The lowest BCUT2D eigenvalue weighted by Crippen LogP contribution is -2.36. The van der Waals surface area contributed by atoms with Crippen molar-refractivity contribution in [1.29, 1.82) is 0 Å². The highest BCUT2D eigenvalue weighted by Gasteiger charge is 2.29. The number of rotatable bonds is 2. The van der Waals surface area contributed by atoms with E-state index in [4.69, 9.17) is 4.74 Å². The molecule has 1 fully saturated rings. The third kappa shape index (κ3) is 2.10. The van der Waals surface area contributed by atoms with E-state index in [-0.39, 0.29) is 12.0 Å². The maximum absolute atomic E-state index is 11.2. The Morgan fingerprint density at radius 3 is 3.00 bits per heavy atom. The van der Waals surface area contributed by atoms with Crippen LogP contribution in [-0.2, 0) is 9.53 Å². The second-order valence-corrected chi connectivity index (χ2v) is 3.52. The quantitative estimate of drug-likeness (QED) is 0.573. The van der Waals surface area contributed by atoms with Gasteiger partial charge in [-0.15, -0.1) is 11.8 Å². The summed E-state index contributed by atoms with van der Waals surface area (Å²) in [5.74, 6) is 1.72. The van der Waals surface area contributed by atoms with Crippen molar-refractivity contribution in [3.63, 3.8) is 0 Å². The number of nitrogens with zero attached hydrogens (tertiary/aromatic N) is 1. The van der Waals surface area contributed by atoms with Gasteiger partial charge >= 0.3 is 5.97 Å². The van der Waals surface area contributed by atoms with E-state index in [2.05, 4.69) is 0 Å². The summed E-state index contributed by atoms with van der Waals surface area (Å²) in [6, 6.07) is -0.0139. The van der Waals surface area contributed by atoms with E-state index >= 15 is 0 Å². The third-order valence-electron chi connectivity index (χ3n) is 1.66. The minimum Gasteiger partial charge on any atom is -0.465 e. The molecule has 1 atom stereocenters. The standard InChI is InChI=1S/C7H13NO2S/c1-3-10-7(9)6-4-11-5-8(6)2/h6H,3-5H2,1-2H3. The van der Waals surface area contributed by atoms with Gasteiger partial charge in [0.05, 0.1) is 6.61 Å². The molecule has 0 spiro atoms. The Hall–Kier alpha value is -0.220. The highest BCUT2D eigenvalue weighted by Crippen LogP contribution is 2.19. The topological polar surface area (TPSA) is 29.5 Å². The summed E-state index contributed by atoms with van der Waals surface area (Å²) in [4.78, 5) is 13.2. The van der Waals surface area contributed by atoms with E-state index in [0.717, 1.165) is 11.6 Å². The Morgan fingerprint density at radius 2 is 2.55 bits per heavy atom. The lowest BCUT2D eigenvalue weighted by Gasteiger charge is -2.15. The van der Waals surface area contributed by atoms with Crippen LogP contribution in [0, 0.1) is 0 Å². The van der Waals surface area contributed by atoms with E-state index < -0.39 is 0 Å². The molecule has 0 aromatic heterocycles. The van der Waals surface area contributed by atoms with Crippen LogP contribution in [0.25, 0.3) is 0 Å². The van der Waals surface area contributed by atoms with Crippen molar-refractivity contribution in [2.45, 2.75) is 13.0 Å². The monoisotopic (exact) mass is 175 g/mol. The molecule has 1 aliphatic rings. The number of likely N-dealkylation sites (N-methyl/N-ethyl adjacent to an activating group) is 1. The van der Waals surface area contributed by atoms with Crippen LogP contribution < -0.4 is 0 Å². The molecule has 3 nitrogen and oxygen atoms in total. The first kappa shape index (κ1) is 8.87. The molecule has 1 aliphatic heterocycles. The van der Waals surface area contributed by atoms with Crippen LogP contribution >= 0.6 is 11.8 Å². The molecule has 1 rings (SSSR count). The molecule has 0 aromatic carbocycles. The van der Waals surface area contributed by atoms with Crippen molar-refractivity contribution in [2.75, 3.05) is 25.3 Å². The number of carbonyl (C=O) groups excluding carboxylic acids is 1. The normalized spacial score (nSPS) is 25.5. The lowest BCUT2D eigenvalue weighted by molar-refractivity contribution is -0.147. The third-order valence-corrected chi connectivity index (χ3v) is 2.80. The van der Waals surface area contributed by atoms with Crippen molar-refractivity contribution >= 4 is 17.7 Å². The zero-order valence-electron chi connectivity index (χ0n) is 6.87. The van der Waals surface area contributed by atoms with Gasteiger partial charge < -0.3 is 4.74 Å². The molecule has 1 unspecified atom stereocenters. The van der Waals surface area contributed by atoms with Crippen molar-refractivity contribution < 1.29 is 9.53 Å². The zero-order valence-corrected chi connectivity index (χ0v) is 7.69. The van der Waals surface area contributed by atoms with Crippen LogP contribution in [0.1, 0.15) is 6.92 Å². The zero-order chi connectivity index (χ0) is 8.27. The molecule has 4 heteroatoms. The predicted molar refractivity (Wildman–Crippen MR) is 45.5 cm³/mol. The Morgan fingerprint density at radius 1 is 1.82 bits per heavy atom. The summed E-state index contributed by atoms with van der Waals surface area (Å²) in [5, 5.41) is 0. The van der Waals surface area contributed by atoms with Gasteiger partial charge in [-0.2, -0.15) is 0 Å². The Kier molecular flexibility index (Phi) is 3.20. The molecule has 0 aliphatic carbocycles. The van der Waals surface area contributed by atoms with Gasteiger partial charge in [-0.25, -0.2) is 0 Å². The first-order chi connectivity index (χ1) is 5.25. The minimum absolute atomic E-state index is 0.0139. The number of carbonyl (C=O) groups is 1. The van der Waals surface area contributed by atoms with Gasteiger partial charge in [-0.05, 0) is 14.0 Å². The fraction of sp³-hybridized carbons (Fsp3) is 0.857. The molecule has 0 bridgehead atoms. The predicted octanol–water partition coefficient (Wildman–Crippen LogP) is 0.554. The highest BCUT2D eigenvalue weighted by molar-refractivity contribution is 7.99. The van der Waals surface area contributed by atoms with E-state index in [1.54, 1.807) is 11.8 Å². The van der Waals surface area contributed by atoms with E-state index in [1.807, 2.05) is 18.9 Å². The summed E-state index contributed by atoms with van der Waals surface area (Å²) >= 11 is 1.77. The van der Waals surface area contributed by atoms with Gasteiger partial charge in [-0.1, -0.05) is 0 Å². The molecule has 0 saturated carbocycles. The van der Waals surface area contributed by atoms with Crippen LogP contribution in [0.4, 0.5) is 0 Å². The summed E-state index contributed by atoms with van der Waals surface area (Å²) in [6.45, 7) is 2.31. The molecular formula is C7H13NO2S. The van der Waals surface area contributed by atoms with Gasteiger partial charge in [0, 0.05) is 11.6 Å². The molecule has 64 valence electrons. The second-order valence-electron chi connectivity index (χ2n) is 2.52. The second kappa shape index (κ2) is 3.97. The molecule has 11 heavy (non-hydrogen) atoms. The minimum atomic E-state index is -0.0833. The number of hydrogen-bond acceptors (Lipinski definition) is 4. The molecule has 0 amide bonds. The van der Waals surface area contributed by atoms with Gasteiger partial charge in [0.2, 0.25) is 0 Å². The number of esters is 1. The molecule has 1 heterocycles. The van der Waals surface area contributed by atoms with Crippen LogP contribution in [-0.4, -0.2) is 42.2 Å². The Bertz CT molecular complexity index is 151. The summed E-state index contributed by atoms with van der Waals surface area (Å²) in [6.07, 6.45) is 0. The van der Waals surface area contributed by atoms with Crippen LogP contribution in [0.2, 0.25) is 0 Å². The largest absolute Gasteiger partial charge is 0.465 e. The molecule has 1 saturated heterocycles. The van der Waals surface area contributed by atoms with E-state index in [0.29, 0.717) is 6.61 Å². The summed E-state index contributed by atoms with van der Waals surface area (Å²) < 4.78 is 4.90. The van der Waals surface area contributed by atoms with Crippen LogP contribution in [0.3, 0.4) is 0 Å². The van der Waals surface area contributed by atoms with Crippen molar-refractivity contribution in [3.8, 4) is 0 Å². The van der Waals surface area contributed by atoms with Crippen molar-refractivity contribution in [2.24, 2.45) is 0 Å². The van der Waals surface area contributed by atoms with E-state index in [1.165, 1.54) is 0 Å². The highest BCUT2D eigenvalue weighted by atomic mass is 32.2. The first-order valence-corrected chi connectivity index (χ1v) is 4.85. The van der Waals surface area contributed by atoms with Crippen molar-refractivity contribution in [1.82, 2.24) is 4.90 Å². The SMILES string of the molecule is CCOC(=O)C1CSCN1C. The summed E-state index contributed by atoms with van der Waals surface area (Å²) in [5.41, 5.74) is 0. The molecular weight excluding hydrogens is 162 g/mol. The first-order valence-electron chi connectivity index (χ1n) is 3.70. The molecule has 0 N–H and O–H groups in total. The average Bonchev–Trinajstić information content (AvgIpc) is 2.36. The van der Waals surface area contributed by atoms with Crippen molar-refractivity contribution in [3.05, 3.63) is 0 Å². The number of thioether (sulfide) groups is 1. The smallest absolute Gasteiger partial charge is 0.324 e. The average molecular weight is 175 g/mol. The maximum atomic E-state index is 11.2. The van der Waals surface area contributed by atoms with Crippen LogP contribution in [0.5, 0.6) is 0 Å². The van der Waals surface area contributed by atoms with Crippen LogP contribution in [0.15, 0.2) is 0 Å². The van der Waals surface area contributed by atoms with E-state index in [9.17, 15) is 4.79 Å². The maximum Gasteiger partial charge on any atom is 0.324 e. The summed E-state index contributed by atoms with van der Waals surface area (Å²) in [7, 11) is 1.95. The molecule has 0 aromatic rings. The Balaban J connectivity index is 2.39.